The number of benzene rings is 1. The summed E-state index contributed by atoms with van der Waals surface area (Å²) in [5.41, 5.74) is 1.28. The molecule has 2 nitrogen and oxygen atoms in total. The normalized spacial score (nSPS) is 12.8. The Morgan fingerprint density at radius 1 is 1.18 bits per heavy atom. The van der Waals surface area contributed by atoms with Gasteiger partial charge in [-0.05, 0) is 30.5 Å². The zero-order valence-corrected chi connectivity index (χ0v) is 11.5. The van der Waals surface area contributed by atoms with Crippen LogP contribution in [0, 0.1) is 5.92 Å². The molecular weight excluding hydrogens is 210 g/mol. The Morgan fingerprint density at radius 2 is 1.88 bits per heavy atom. The van der Waals surface area contributed by atoms with Crippen molar-refractivity contribution >= 4 is 0 Å². The Bertz CT molecular complexity index is 322. The van der Waals surface area contributed by atoms with Gasteiger partial charge < -0.3 is 10.1 Å². The number of hydrogen-bond donors (Lipinski definition) is 1. The van der Waals surface area contributed by atoms with E-state index in [1.807, 2.05) is 6.07 Å². The number of nitrogens with one attached hydrogen (secondary N) is 1. The first-order valence-corrected chi connectivity index (χ1v) is 6.63. The van der Waals surface area contributed by atoms with Crippen molar-refractivity contribution in [2.45, 2.75) is 40.2 Å². The highest BCUT2D eigenvalue weighted by Gasteiger charge is 2.13. The first kappa shape index (κ1) is 14.0. The van der Waals surface area contributed by atoms with Crippen molar-refractivity contribution in [2.24, 2.45) is 5.92 Å². The van der Waals surface area contributed by atoms with E-state index in [0.717, 1.165) is 25.3 Å². The van der Waals surface area contributed by atoms with Crippen LogP contribution in [0.15, 0.2) is 24.3 Å². The molecule has 0 amide bonds. The minimum absolute atomic E-state index is 0.421. The molecule has 1 N–H and O–H groups in total. The van der Waals surface area contributed by atoms with Gasteiger partial charge in [0, 0.05) is 6.04 Å². The van der Waals surface area contributed by atoms with Crippen LogP contribution in [0.1, 0.15) is 33.3 Å². The van der Waals surface area contributed by atoms with E-state index in [-0.39, 0.29) is 0 Å². The summed E-state index contributed by atoms with van der Waals surface area (Å²) in [6.45, 7) is 10.5. The summed E-state index contributed by atoms with van der Waals surface area (Å²) in [6.07, 6.45) is 1.02. The van der Waals surface area contributed by atoms with Gasteiger partial charge >= 0.3 is 0 Å². The van der Waals surface area contributed by atoms with Crippen molar-refractivity contribution in [3.05, 3.63) is 29.8 Å². The zero-order chi connectivity index (χ0) is 12.7. The lowest BCUT2D eigenvalue weighted by molar-refractivity contribution is 0.231. The molecule has 0 aromatic heterocycles. The molecule has 0 aliphatic rings. The molecule has 1 atom stereocenters. The molecule has 96 valence electrons. The zero-order valence-electron chi connectivity index (χ0n) is 11.5. The van der Waals surface area contributed by atoms with Crippen molar-refractivity contribution < 1.29 is 4.74 Å². The van der Waals surface area contributed by atoms with E-state index in [1.165, 1.54) is 5.56 Å². The standard InChI is InChI=1S/C15H25NO/c1-5-13-9-7-8-10-15(13)17-11-14(12(3)4)16-6-2/h7-10,12,14,16H,5-6,11H2,1-4H3. The predicted molar refractivity (Wildman–Crippen MR) is 73.6 cm³/mol. The van der Waals surface area contributed by atoms with Crippen LogP contribution >= 0.6 is 0 Å². The lowest BCUT2D eigenvalue weighted by Crippen LogP contribution is -2.38. The van der Waals surface area contributed by atoms with Crippen molar-refractivity contribution in [1.82, 2.24) is 5.32 Å². The van der Waals surface area contributed by atoms with Gasteiger partial charge in [0.25, 0.3) is 0 Å². The SMILES string of the molecule is CCNC(COc1ccccc1CC)C(C)C. The van der Waals surface area contributed by atoms with Gasteiger partial charge in [-0.1, -0.05) is 45.9 Å². The van der Waals surface area contributed by atoms with Crippen molar-refractivity contribution in [3.63, 3.8) is 0 Å². The molecule has 0 bridgehead atoms. The van der Waals surface area contributed by atoms with E-state index in [0.29, 0.717) is 12.0 Å². The van der Waals surface area contributed by atoms with Crippen LogP contribution in [0.3, 0.4) is 0 Å². The molecular formula is C15H25NO. The fourth-order valence-corrected chi connectivity index (χ4v) is 1.87. The van der Waals surface area contributed by atoms with Gasteiger partial charge in [0.1, 0.15) is 12.4 Å². The van der Waals surface area contributed by atoms with Gasteiger partial charge in [-0.25, -0.2) is 0 Å². The van der Waals surface area contributed by atoms with E-state index in [4.69, 9.17) is 4.74 Å². The van der Waals surface area contributed by atoms with Crippen LogP contribution in [-0.2, 0) is 6.42 Å². The molecule has 0 saturated carbocycles. The fourth-order valence-electron chi connectivity index (χ4n) is 1.87. The number of aryl methyl sites for hydroxylation is 1. The molecule has 1 rings (SSSR count). The molecule has 1 aromatic carbocycles. The van der Waals surface area contributed by atoms with Crippen LogP contribution in [0.2, 0.25) is 0 Å². The molecule has 0 radical (unpaired) electrons. The average Bonchev–Trinajstić information content (AvgIpc) is 2.34. The number of likely N-dealkylation sites (N-methyl/N-ethyl adjacent to an activating group) is 1. The third-order valence-corrected chi connectivity index (χ3v) is 3.04. The van der Waals surface area contributed by atoms with Crippen molar-refractivity contribution in [3.8, 4) is 5.75 Å². The highest BCUT2D eigenvalue weighted by molar-refractivity contribution is 5.33. The molecule has 0 spiro atoms. The van der Waals surface area contributed by atoms with Gasteiger partial charge in [0.15, 0.2) is 0 Å². The van der Waals surface area contributed by atoms with Crippen molar-refractivity contribution in [1.29, 1.82) is 0 Å². The molecule has 0 fully saturated rings. The molecule has 2 heteroatoms. The van der Waals surface area contributed by atoms with E-state index in [1.54, 1.807) is 0 Å². The molecule has 0 saturated heterocycles. The van der Waals surface area contributed by atoms with Gasteiger partial charge in [-0.3, -0.25) is 0 Å². The number of hydrogen-bond acceptors (Lipinski definition) is 2. The maximum atomic E-state index is 5.94. The van der Waals surface area contributed by atoms with Crippen LogP contribution in [-0.4, -0.2) is 19.2 Å². The van der Waals surface area contributed by atoms with Gasteiger partial charge in [-0.15, -0.1) is 0 Å². The maximum Gasteiger partial charge on any atom is 0.122 e. The van der Waals surface area contributed by atoms with Gasteiger partial charge in [0.2, 0.25) is 0 Å². The summed E-state index contributed by atoms with van der Waals surface area (Å²) >= 11 is 0. The topological polar surface area (TPSA) is 21.3 Å². The Labute approximate surface area is 105 Å². The first-order chi connectivity index (χ1) is 8.19. The lowest BCUT2D eigenvalue weighted by Gasteiger charge is -2.22. The van der Waals surface area contributed by atoms with Crippen molar-refractivity contribution in [2.75, 3.05) is 13.2 Å². The summed E-state index contributed by atoms with van der Waals surface area (Å²) in [7, 11) is 0. The maximum absolute atomic E-state index is 5.94. The largest absolute Gasteiger partial charge is 0.492 e. The Balaban J connectivity index is 2.58. The summed E-state index contributed by atoms with van der Waals surface area (Å²) < 4.78 is 5.94. The molecule has 0 aliphatic carbocycles. The van der Waals surface area contributed by atoms with E-state index in [9.17, 15) is 0 Å². The van der Waals surface area contributed by atoms with E-state index >= 15 is 0 Å². The molecule has 1 aromatic rings. The second-order valence-electron chi connectivity index (χ2n) is 4.68. The van der Waals surface area contributed by atoms with Crippen LogP contribution in [0.5, 0.6) is 5.75 Å². The highest BCUT2D eigenvalue weighted by atomic mass is 16.5. The summed E-state index contributed by atoms with van der Waals surface area (Å²) in [5.74, 6) is 1.61. The molecule has 0 heterocycles. The minimum atomic E-state index is 0.421. The monoisotopic (exact) mass is 235 g/mol. The quantitative estimate of drug-likeness (QED) is 0.783. The Kier molecular flexibility index (Phi) is 6.06. The summed E-state index contributed by atoms with van der Waals surface area (Å²) in [4.78, 5) is 0. The molecule has 0 aliphatic heterocycles. The second kappa shape index (κ2) is 7.33. The number of para-hydroxylation sites is 1. The van der Waals surface area contributed by atoms with Crippen LogP contribution in [0.4, 0.5) is 0 Å². The number of ether oxygens (including phenoxy) is 1. The third-order valence-electron chi connectivity index (χ3n) is 3.04. The van der Waals surface area contributed by atoms with E-state index < -0.39 is 0 Å². The van der Waals surface area contributed by atoms with Gasteiger partial charge in [0.05, 0.1) is 0 Å². The Morgan fingerprint density at radius 3 is 2.47 bits per heavy atom. The lowest BCUT2D eigenvalue weighted by atomic mass is 10.1. The minimum Gasteiger partial charge on any atom is -0.492 e. The fraction of sp³-hybridized carbons (Fsp3) is 0.600. The van der Waals surface area contributed by atoms with E-state index in [2.05, 4.69) is 51.2 Å². The first-order valence-electron chi connectivity index (χ1n) is 6.63. The predicted octanol–water partition coefficient (Wildman–Crippen LogP) is 3.26. The van der Waals surface area contributed by atoms with Crippen LogP contribution < -0.4 is 10.1 Å². The summed E-state index contributed by atoms with van der Waals surface area (Å²) in [5, 5.41) is 3.46. The average molecular weight is 235 g/mol. The number of rotatable bonds is 7. The van der Waals surface area contributed by atoms with Gasteiger partial charge in [-0.2, -0.15) is 0 Å². The third kappa shape index (κ3) is 4.39. The second-order valence-corrected chi connectivity index (χ2v) is 4.68. The summed E-state index contributed by atoms with van der Waals surface area (Å²) in [6, 6.07) is 8.71. The smallest absolute Gasteiger partial charge is 0.122 e. The molecule has 1 unspecified atom stereocenters. The molecule has 17 heavy (non-hydrogen) atoms. The highest BCUT2D eigenvalue weighted by Crippen LogP contribution is 2.19. The van der Waals surface area contributed by atoms with Crippen LogP contribution in [0.25, 0.3) is 0 Å². The Hall–Kier alpha value is -1.02.